The molecule has 0 atom stereocenters. The number of aliphatic hydroxyl groups is 1. The van der Waals surface area contributed by atoms with Gasteiger partial charge in [-0.05, 0) is 12.1 Å². The van der Waals surface area contributed by atoms with E-state index in [9.17, 15) is 19.8 Å². The number of pyridine rings is 1. The molecule has 2 heterocycles. The summed E-state index contributed by atoms with van der Waals surface area (Å²) in [7, 11) is 1.00. The molecule has 112 valence electrons. The summed E-state index contributed by atoms with van der Waals surface area (Å²) in [6.45, 7) is 5.28. The average molecular weight is 285 g/mol. The summed E-state index contributed by atoms with van der Waals surface area (Å²) in [4.78, 5) is 23.9. The SMILES string of the molecule is C1C[NH2+]CC[NH2+]1.CO.O=C([O-])c1cccnc1C(=O)[O-]. The van der Waals surface area contributed by atoms with E-state index in [4.69, 9.17) is 5.11 Å². The lowest BCUT2D eigenvalue weighted by Gasteiger charge is -2.08. The van der Waals surface area contributed by atoms with Gasteiger partial charge in [-0.1, -0.05) is 0 Å². The molecule has 0 radical (unpaired) electrons. The van der Waals surface area contributed by atoms with Gasteiger partial charge in [0.1, 0.15) is 26.2 Å². The van der Waals surface area contributed by atoms with Crippen molar-refractivity contribution in [3.63, 3.8) is 0 Å². The van der Waals surface area contributed by atoms with E-state index in [-0.39, 0.29) is 0 Å². The summed E-state index contributed by atoms with van der Waals surface area (Å²) >= 11 is 0. The Labute approximate surface area is 116 Å². The minimum Gasteiger partial charge on any atom is -0.545 e. The highest BCUT2D eigenvalue weighted by Gasteiger charge is 2.03. The molecule has 5 N–H and O–H groups in total. The maximum Gasteiger partial charge on any atom is 0.125 e. The van der Waals surface area contributed by atoms with Gasteiger partial charge in [-0.15, -0.1) is 0 Å². The molecule has 0 aliphatic carbocycles. The van der Waals surface area contributed by atoms with Crippen molar-refractivity contribution in [1.82, 2.24) is 4.98 Å². The molecule has 0 spiro atoms. The third-order valence-electron chi connectivity index (χ3n) is 2.37. The van der Waals surface area contributed by atoms with Crippen LogP contribution >= 0.6 is 0 Å². The van der Waals surface area contributed by atoms with Crippen LogP contribution in [0.4, 0.5) is 0 Å². The van der Waals surface area contributed by atoms with E-state index in [1.165, 1.54) is 32.2 Å². The number of hydrogen-bond donors (Lipinski definition) is 3. The smallest absolute Gasteiger partial charge is 0.125 e. The van der Waals surface area contributed by atoms with E-state index >= 15 is 0 Å². The van der Waals surface area contributed by atoms with Crippen LogP contribution in [0.3, 0.4) is 0 Å². The second-order valence-corrected chi connectivity index (χ2v) is 3.71. The topological polar surface area (TPSA) is 147 Å². The van der Waals surface area contributed by atoms with Gasteiger partial charge in [0.05, 0.1) is 17.6 Å². The highest BCUT2D eigenvalue weighted by atomic mass is 16.4. The molecule has 20 heavy (non-hydrogen) atoms. The van der Waals surface area contributed by atoms with Crippen LogP contribution in [0.1, 0.15) is 20.8 Å². The summed E-state index contributed by atoms with van der Waals surface area (Å²) in [5, 5.41) is 32.3. The maximum absolute atomic E-state index is 10.3. The van der Waals surface area contributed by atoms with Crippen LogP contribution in [-0.4, -0.2) is 55.3 Å². The number of quaternary nitrogens is 2. The summed E-state index contributed by atoms with van der Waals surface area (Å²) < 4.78 is 0. The molecule has 8 nitrogen and oxygen atoms in total. The molecule has 0 amide bonds. The van der Waals surface area contributed by atoms with Crippen LogP contribution < -0.4 is 20.8 Å². The van der Waals surface area contributed by atoms with Crippen LogP contribution in [0.25, 0.3) is 0 Å². The number of nitrogens with two attached hydrogens (primary N) is 2. The van der Waals surface area contributed by atoms with Gasteiger partial charge >= 0.3 is 0 Å². The van der Waals surface area contributed by atoms with E-state index in [0.717, 1.165) is 19.4 Å². The van der Waals surface area contributed by atoms with Crippen molar-refractivity contribution >= 4 is 11.9 Å². The molecule has 1 aromatic heterocycles. The second kappa shape index (κ2) is 10.9. The van der Waals surface area contributed by atoms with Crippen molar-refractivity contribution in [1.29, 1.82) is 0 Å². The standard InChI is InChI=1S/C7H5NO4.C4H10N2.CH4O/c9-6(10)4-2-1-3-8-5(4)7(11)12;1-2-6-4-3-5-1;1-2/h1-3H,(H,9,10)(H,11,12);5-6H,1-4H2;2H,1H3. The predicted molar refractivity (Wildman–Crippen MR) is 64.4 cm³/mol. The maximum atomic E-state index is 10.3. The number of carboxylic acid groups (broad SMARTS) is 2. The molecule has 1 aliphatic heterocycles. The fourth-order valence-electron chi connectivity index (χ4n) is 1.49. The van der Waals surface area contributed by atoms with Crippen molar-refractivity contribution in [2.24, 2.45) is 0 Å². The van der Waals surface area contributed by atoms with Gasteiger partial charge in [0.25, 0.3) is 0 Å². The molecule has 0 unspecified atom stereocenters. The van der Waals surface area contributed by atoms with E-state index in [0.29, 0.717) is 0 Å². The molecule has 0 bridgehead atoms. The lowest BCUT2D eigenvalue weighted by Crippen LogP contribution is -3.04. The van der Waals surface area contributed by atoms with Gasteiger partial charge in [-0.2, -0.15) is 0 Å². The first-order chi connectivity index (χ1) is 9.63. The fourth-order valence-corrected chi connectivity index (χ4v) is 1.49. The van der Waals surface area contributed by atoms with Gasteiger partial charge < -0.3 is 35.5 Å². The van der Waals surface area contributed by atoms with Crippen LogP contribution in [0, 0.1) is 0 Å². The summed E-state index contributed by atoms with van der Waals surface area (Å²) in [6, 6.07) is 2.39. The molecule has 0 aromatic carbocycles. The van der Waals surface area contributed by atoms with Crippen LogP contribution in [0.2, 0.25) is 0 Å². The zero-order chi connectivity index (χ0) is 15.4. The molecule has 0 saturated carbocycles. The number of carbonyl (C=O) groups is 2. The van der Waals surface area contributed by atoms with Gasteiger partial charge in [-0.3, -0.25) is 4.98 Å². The molecular weight excluding hydrogens is 266 g/mol. The van der Waals surface area contributed by atoms with Crippen molar-refractivity contribution < 1.29 is 35.5 Å². The number of hydrogen-bond acceptors (Lipinski definition) is 6. The molecule has 1 aliphatic rings. The zero-order valence-electron chi connectivity index (χ0n) is 11.2. The fraction of sp³-hybridized carbons (Fsp3) is 0.417. The van der Waals surface area contributed by atoms with Crippen LogP contribution in [0.5, 0.6) is 0 Å². The molecular formula is C12H19N3O5. The Morgan fingerprint density at radius 1 is 1.10 bits per heavy atom. The number of rotatable bonds is 2. The minimum absolute atomic E-state index is 0.475. The molecule has 1 aromatic rings. The number of carbonyl (C=O) groups excluding carboxylic acids is 2. The molecule has 2 rings (SSSR count). The normalized spacial score (nSPS) is 13.1. The van der Waals surface area contributed by atoms with Crippen LogP contribution in [-0.2, 0) is 0 Å². The Morgan fingerprint density at radius 3 is 1.90 bits per heavy atom. The Hall–Kier alpha value is -2.03. The summed E-state index contributed by atoms with van der Waals surface area (Å²) in [6.07, 6.45) is 1.16. The highest BCUT2D eigenvalue weighted by Crippen LogP contribution is 2.01. The number of aromatic carboxylic acids is 2. The van der Waals surface area contributed by atoms with E-state index in [2.05, 4.69) is 15.6 Å². The third-order valence-corrected chi connectivity index (χ3v) is 2.37. The monoisotopic (exact) mass is 285 g/mol. The summed E-state index contributed by atoms with van der Waals surface area (Å²) in [5.74, 6) is -3.21. The number of carboxylic acids is 2. The zero-order valence-corrected chi connectivity index (χ0v) is 11.2. The average Bonchev–Trinajstić information content (AvgIpc) is 2.51. The van der Waals surface area contributed by atoms with Crippen molar-refractivity contribution in [2.45, 2.75) is 0 Å². The minimum atomic E-state index is -1.63. The van der Waals surface area contributed by atoms with E-state index < -0.39 is 23.2 Å². The van der Waals surface area contributed by atoms with Crippen molar-refractivity contribution in [3.8, 4) is 0 Å². The number of aliphatic hydroxyl groups excluding tert-OH is 1. The number of nitrogens with zero attached hydrogens (tertiary/aromatic N) is 1. The van der Waals surface area contributed by atoms with Gasteiger partial charge in [0.15, 0.2) is 0 Å². The highest BCUT2D eigenvalue weighted by molar-refractivity contribution is 5.98. The number of piperazine rings is 1. The third kappa shape index (κ3) is 6.78. The Balaban J connectivity index is 0.000000377. The first kappa shape index (κ1) is 18.0. The van der Waals surface area contributed by atoms with E-state index in [1.807, 2.05) is 0 Å². The lowest BCUT2D eigenvalue weighted by atomic mass is 10.2. The molecule has 8 heteroatoms. The van der Waals surface area contributed by atoms with Crippen molar-refractivity contribution in [2.75, 3.05) is 33.3 Å². The van der Waals surface area contributed by atoms with Crippen molar-refractivity contribution in [3.05, 3.63) is 29.6 Å². The molecule has 1 fully saturated rings. The largest absolute Gasteiger partial charge is 0.545 e. The van der Waals surface area contributed by atoms with Gasteiger partial charge in [-0.25, -0.2) is 0 Å². The van der Waals surface area contributed by atoms with Crippen LogP contribution in [0.15, 0.2) is 18.3 Å². The lowest BCUT2D eigenvalue weighted by molar-refractivity contribution is -0.787. The Morgan fingerprint density at radius 2 is 1.60 bits per heavy atom. The van der Waals surface area contributed by atoms with Gasteiger partial charge in [0.2, 0.25) is 0 Å². The first-order valence-corrected chi connectivity index (χ1v) is 6.08. The number of aromatic nitrogens is 1. The predicted octanol–water partition coefficient (Wildman–Crippen LogP) is -5.46. The second-order valence-electron chi connectivity index (χ2n) is 3.71. The molecule has 1 saturated heterocycles. The quantitative estimate of drug-likeness (QED) is 0.494. The Bertz CT molecular complexity index is 377. The Kier molecular flexibility index (Phi) is 9.75. The first-order valence-electron chi connectivity index (χ1n) is 6.08. The van der Waals surface area contributed by atoms with Gasteiger partial charge in [0, 0.05) is 18.9 Å². The van der Waals surface area contributed by atoms with E-state index in [1.54, 1.807) is 0 Å². The summed E-state index contributed by atoms with van der Waals surface area (Å²) in [5.41, 5.74) is -1.09.